The largest absolute Gasteiger partial charge is 0.488 e. The fourth-order valence-electron chi connectivity index (χ4n) is 4.50. The highest BCUT2D eigenvalue weighted by molar-refractivity contribution is 5.82. The molecule has 1 aromatic carbocycles. The second kappa shape index (κ2) is 9.05. The van der Waals surface area contributed by atoms with Crippen molar-refractivity contribution < 1.29 is 9.47 Å². The van der Waals surface area contributed by atoms with Crippen LogP contribution in [-0.2, 0) is 4.74 Å². The van der Waals surface area contributed by atoms with Crippen LogP contribution < -0.4 is 10.5 Å². The van der Waals surface area contributed by atoms with Gasteiger partial charge in [0.05, 0.1) is 12.1 Å². The van der Waals surface area contributed by atoms with Crippen molar-refractivity contribution in [3.05, 3.63) is 54.2 Å². The Labute approximate surface area is 193 Å². The van der Waals surface area contributed by atoms with Crippen LogP contribution in [0.15, 0.2) is 48.7 Å². The summed E-state index contributed by atoms with van der Waals surface area (Å²) in [6.45, 7) is 6.68. The Kier molecular flexibility index (Phi) is 5.97. The molecule has 3 atom stereocenters. The average molecular weight is 447 g/mol. The van der Waals surface area contributed by atoms with Crippen LogP contribution in [0.1, 0.15) is 31.9 Å². The number of likely N-dealkylation sites (tertiary alicyclic amines) is 1. The first kappa shape index (κ1) is 21.8. The molecule has 1 aliphatic rings. The van der Waals surface area contributed by atoms with Crippen molar-refractivity contribution in [3.63, 3.8) is 0 Å². The zero-order chi connectivity index (χ0) is 22.9. The van der Waals surface area contributed by atoms with E-state index in [1.807, 2.05) is 41.7 Å². The van der Waals surface area contributed by atoms with Gasteiger partial charge in [0.15, 0.2) is 11.5 Å². The third kappa shape index (κ3) is 4.42. The van der Waals surface area contributed by atoms with E-state index in [-0.39, 0.29) is 18.2 Å². The molecule has 0 amide bonds. The van der Waals surface area contributed by atoms with Crippen LogP contribution in [0.4, 0.5) is 0 Å². The molecule has 1 fully saturated rings. The molecule has 0 saturated carbocycles. The van der Waals surface area contributed by atoms with E-state index in [0.717, 1.165) is 53.3 Å². The Morgan fingerprint density at radius 1 is 1.12 bits per heavy atom. The standard InChI is InChI=1S/C25H30N6O2/c1-16(15-32-3)33-21-7-4-18-5-8-22(27-23(18)12-21)25-29-28-24-9-6-19(13-31(24)25)17(2)30-11-10-20(26)14-30/h4-9,12-13,16-17,20H,10-11,14-15,26H2,1-3H3/t16-,17-,20-/m0/s1. The van der Waals surface area contributed by atoms with Crippen LogP contribution >= 0.6 is 0 Å². The number of aromatic nitrogens is 4. The Morgan fingerprint density at radius 3 is 2.76 bits per heavy atom. The maximum Gasteiger partial charge on any atom is 0.187 e. The summed E-state index contributed by atoms with van der Waals surface area (Å²) in [4.78, 5) is 7.31. The van der Waals surface area contributed by atoms with Crippen molar-refractivity contribution in [3.8, 4) is 17.3 Å². The molecule has 0 spiro atoms. The van der Waals surface area contributed by atoms with Crippen molar-refractivity contribution in [2.45, 2.75) is 38.5 Å². The van der Waals surface area contributed by atoms with E-state index >= 15 is 0 Å². The quantitative estimate of drug-likeness (QED) is 0.465. The van der Waals surface area contributed by atoms with Crippen molar-refractivity contribution in [1.29, 1.82) is 0 Å². The second-order valence-electron chi connectivity index (χ2n) is 8.87. The van der Waals surface area contributed by atoms with E-state index in [1.165, 1.54) is 5.56 Å². The fourth-order valence-corrected chi connectivity index (χ4v) is 4.50. The number of methoxy groups -OCH3 is 1. The molecule has 0 aliphatic carbocycles. The van der Waals surface area contributed by atoms with E-state index in [0.29, 0.717) is 6.61 Å². The highest BCUT2D eigenvalue weighted by atomic mass is 16.5. The predicted octanol–water partition coefficient (Wildman–Crippen LogP) is 3.45. The maximum absolute atomic E-state index is 6.12. The summed E-state index contributed by atoms with van der Waals surface area (Å²) >= 11 is 0. The van der Waals surface area contributed by atoms with Crippen molar-refractivity contribution >= 4 is 16.6 Å². The summed E-state index contributed by atoms with van der Waals surface area (Å²) in [7, 11) is 1.67. The molecule has 8 nitrogen and oxygen atoms in total. The second-order valence-corrected chi connectivity index (χ2v) is 8.87. The number of hydrogen-bond acceptors (Lipinski definition) is 7. The normalized spacial score (nSPS) is 18.7. The molecule has 33 heavy (non-hydrogen) atoms. The van der Waals surface area contributed by atoms with Crippen molar-refractivity contribution in [2.24, 2.45) is 5.73 Å². The summed E-state index contributed by atoms with van der Waals surface area (Å²) in [5, 5.41) is 9.85. The monoisotopic (exact) mass is 446 g/mol. The van der Waals surface area contributed by atoms with Gasteiger partial charge in [-0.05, 0) is 50.1 Å². The van der Waals surface area contributed by atoms with Gasteiger partial charge in [-0.25, -0.2) is 4.98 Å². The Morgan fingerprint density at radius 2 is 1.97 bits per heavy atom. The van der Waals surface area contributed by atoms with E-state index in [1.54, 1.807) is 7.11 Å². The van der Waals surface area contributed by atoms with Crippen LogP contribution in [0.25, 0.3) is 28.1 Å². The van der Waals surface area contributed by atoms with Crippen LogP contribution in [0, 0.1) is 0 Å². The topological polar surface area (TPSA) is 90.8 Å². The minimum atomic E-state index is -0.0401. The number of fused-ring (bicyclic) bond motifs is 2. The first-order valence-corrected chi connectivity index (χ1v) is 11.4. The fraction of sp³-hybridized carbons (Fsp3) is 0.400. The van der Waals surface area contributed by atoms with Gasteiger partial charge in [0.25, 0.3) is 0 Å². The number of ether oxygens (including phenoxy) is 2. The van der Waals surface area contributed by atoms with Crippen LogP contribution in [0.5, 0.6) is 5.75 Å². The minimum Gasteiger partial charge on any atom is -0.488 e. The number of rotatable bonds is 7. The van der Waals surface area contributed by atoms with Crippen molar-refractivity contribution in [1.82, 2.24) is 24.5 Å². The van der Waals surface area contributed by atoms with Gasteiger partial charge in [-0.3, -0.25) is 9.30 Å². The number of nitrogens with two attached hydrogens (primary N) is 1. The van der Waals surface area contributed by atoms with Gasteiger partial charge in [0.2, 0.25) is 0 Å². The van der Waals surface area contributed by atoms with E-state index < -0.39 is 0 Å². The summed E-state index contributed by atoms with van der Waals surface area (Å²) in [6, 6.07) is 14.7. The Bertz CT molecular complexity index is 1270. The molecule has 0 unspecified atom stereocenters. The number of benzene rings is 1. The molecular formula is C25H30N6O2. The van der Waals surface area contributed by atoms with Gasteiger partial charge in [0, 0.05) is 49.9 Å². The minimum absolute atomic E-state index is 0.0401. The summed E-state index contributed by atoms with van der Waals surface area (Å²) in [5.41, 5.74) is 9.75. The summed E-state index contributed by atoms with van der Waals surface area (Å²) in [5.74, 6) is 1.49. The van der Waals surface area contributed by atoms with Gasteiger partial charge in [-0.2, -0.15) is 0 Å². The predicted molar refractivity (Wildman–Crippen MR) is 128 cm³/mol. The smallest absolute Gasteiger partial charge is 0.187 e. The number of hydrogen-bond donors (Lipinski definition) is 1. The lowest BCUT2D eigenvalue weighted by molar-refractivity contribution is 0.0922. The van der Waals surface area contributed by atoms with Crippen LogP contribution in [0.2, 0.25) is 0 Å². The molecule has 2 N–H and O–H groups in total. The molecule has 172 valence electrons. The van der Waals surface area contributed by atoms with E-state index in [4.69, 9.17) is 20.2 Å². The molecule has 1 saturated heterocycles. The zero-order valence-corrected chi connectivity index (χ0v) is 19.3. The van der Waals surface area contributed by atoms with Crippen LogP contribution in [-0.4, -0.2) is 63.4 Å². The van der Waals surface area contributed by atoms with Crippen molar-refractivity contribution in [2.75, 3.05) is 26.8 Å². The SMILES string of the molecule is COC[C@H](C)Oc1ccc2ccc(-c3nnc4ccc([C@H](C)N5CC[C@H](N)C5)cn34)nc2c1. The first-order valence-electron chi connectivity index (χ1n) is 11.4. The molecule has 5 rings (SSSR count). The molecule has 8 heteroatoms. The summed E-state index contributed by atoms with van der Waals surface area (Å²) in [6.07, 6.45) is 3.12. The Balaban J connectivity index is 1.48. The number of pyridine rings is 2. The third-order valence-electron chi connectivity index (χ3n) is 6.34. The molecular weight excluding hydrogens is 416 g/mol. The molecule has 0 radical (unpaired) electrons. The maximum atomic E-state index is 6.12. The van der Waals surface area contributed by atoms with Gasteiger partial charge in [0.1, 0.15) is 17.5 Å². The molecule has 4 heterocycles. The molecule has 1 aliphatic heterocycles. The van der Waals surface area contributed by atoms with Gasteiger partial charge >= 0.3 is 0 Å². The molecule has 3 aromatic heterocycles. The summed E-state index contributed by atoms with van der Waals surface area (Å²) < 4.78 is 13.1. The molecule has 4 aromatic rings. The molecule has 0 bridgehead atoms. The van der Waals surface area contributed by atoms with Gasteiger partial charge in [-0.1, -0.05) is 12.1 Å². The van der Waals surface area contributed by atoms with E-state index in [2.05, 4.69) is 40.4 Å². The lowest BCUT2D eigenvalue weighted by Gasteiger charge is -2.24. The number of nitrogens with zero attached hydrogens (tertiary/aromatic N) is 5. The lowest BCUT2D eigenvalue weighted by Crippen LogP contribution is -2.28. The highest BCUT2D eigenvalue weighted by Crippen LogP contribution is 2.27. The third-order valence-corrected chi connectivity index (χ3v) is 6.34. The lowest BCUT2D eigenvalue weighted by atomic mass is 10.1. The zero-order valence-electron chi connectivity index (χ0n) is 19.3. The van der Waals surface area contributed by atoms with Crippen LogP contribution in [0.3, 0.4) is 0 Å². The first-order chi connectivity index (χ1) is 16.0. The Hall–Kier alpha value is -3.07. The van der Waals surface area contributed by atoms with Gasteiger partial charge in [-0.15, -0.1) is 10.2 Å². The highest BCUT2D eigenvalue weighted by Gasteiger charge is 2.25. The van der Waals surface area contributed by atoms with Gasteiger partial charge < -0.3 is 15.2 Å². The average Bonchev–Trinajstić information content (AvgIpc) is 3.44. The van der Waals surface area contributed by atoms with E-state index in [9.17, 15) is 0 Å².